The van der Waals surface area contributed by atoms with Crippen molar-refractivity contribution in [3.63, 3.8) is 0 Å². The van der Waals surface area contributed by atoms with Crippen LogP contribution in [-0.2, 0) is 11.5 Å². The molecule has 0 saturated carbocycles. The minimum absolute atomic E-state index is 0.207. The standard InChI is InChI=1S/C25H31N5O3/c1-29(2)16-17-30(33-28-21-12-14-22(32-3)15-13-21)18-19-8-10-20(11-9-19)25(31)27-24-7-5-4-6-23(24)26/h4-15,28H,16-18,26H2,1-3H3,(H,27,31). The summed E-state index contributed by atoms with van der Waals surface area (Å²) in [6.45, 7) is 2.06. The van der Waals surface area contributed by atoms with Crippen molar-refractivity contribution in [1.29, 1.82) is 0 Å². The number of amides is 1. The summed E-state index contributed by atoms with van der Waals surface area (Å²) in [5, 5.41) is 4.68. The van der Waals surface area contributed by atoms with Crippen LogP contribution in [0.2, 0.25) is 0 Å². The van der Waals surface area contributed by atoms with Gasteiger partial charge >= 0.3 is 0 Å². The molecule has 0 aliphatic heterocycles. The van der Waals surface area contributed by atoms with E-state index in [1.807, 2.05) is 67.7 Å². The van der Waals surface area contributed by atoms with E-state index >= 15 is 0 Å². The van der Waals surface area contributed by atoms with Crippen LogP contribution in [0.3, 0.4) is 0 Å². The Morgan fingerprint density at radius 1 is 0.939 bits per heavy atom. The van der Waals surface area contributed by atoms with Gasteiger partial charge in [-0.25, -0.2) is 5.48 Å². The maximum Gasteiger partial charge on any atom is 0.255 e. The van der Waals surface area contributed by atoms with Crippen LogP contribution in [0.5, 0.6) is 5.75 Å². The van der Waals surface area contributed by atoms with Gasteiger partial charge in [-0.05, 0) is 68.2 Å². The van der Waals surface area contributed by atoms with Crippen LogP contribution >= 0.6 is 0 Å². The molecule has 1 amide bonds. The van der Waals surface area contributed by atoms with Crippen molar-refractivity contribution < 1.29 is 14.5 Å². The molecular formula is C25H31N5O3. The Morgan fingerprint density at radius 3 is 2.27 bits per heavy atom. The number of methoxy groups -OCH3 is 1. The number of hydroxylamine groups is 2. The lowest BCUT2D eigenvalue weighted by Crippen LogP contribution is -2.33. The van der Waals surface area contributed by atoms with Crippen molar-refractivity contribution in [3.8, 4) is 5.75 Å². The fourth-order valence-electron chi connectivity index (χ4n) is 3.02. The summed E-state index contributed by atoms with van der Waals surface area (Å²) < 4.78 is 5.18. The molecule has 0 heterocycles. The first-order chi connectivity index (χ1) is 15.9. The minimum atomic E-state index is -0.207. The normalized spacial score (nSPS) is 10.9. The zero-order valence-electron chi connectivity index (χ0n) is 19.2. The van der Waals surface area contributed by atoms with E-state index in [0.29, 0.717) is 30.0 Å². The van der Waals surface area contributed by atoms with E-state index in [1.165, 1.54) is 0 Å². The molecule has 0 atom stereocenters. The lowest BCUT2D eigenvalue weighted by molar-refractivity contribution is -0.141. The highest BCUT2D eigenvalue weighted by Crippen LogP contribution is 2.19. The van der Waals surface area contributed by atoms with Gasteiger partial charge in [0.2, 0.25) is 0 Å². The lowest BCUT2D eigenvalue weighted by atomic mass is 10.1. The van der Waals surface area contributed by atoms with Gasteiger partial charge in [0.05, 0.1) is 30.7 Å². The number of hydrogen-bond acceptors (Lipinski definition) is 7. The predicted octanol–water partition coefficient (Wildman–Crippen LogP) is 3.85. The van der Waals surface area contributed by atoms with Gasteiger partial charge in [-0.2, -0.15) is 10.0 Å². The number of nitrogens with two attached hydrogens (primary N) is 1. The Balaban J connectivity index is 1.61. The van der Waals surface area contributed by atoms with Crippen molar-refractivity contribution in [2.24, 2.45) is 0 Å². The quantitative estimate of drug-likeness (QED) is 0.302. The molecule has 0 fully saturated rings. The summed E-state index contributed by atoms with van der Waals surface area (Å²) in [5.41, 5.74) is 12.4. The molecule has 0 bridgehead atoms. The van der Waals surface area contributed by atoms with Gasteiger partial charge in [-0.1, -0.05) is 24.3 Å². The van der Waals surface area contributed by atoms with E-state index in [1.54, 1.807) is 31.4 Å². The number of nitrogens with one attached hydrogen (secondary N) is 2. The third kappa shape index (κ3) is 7.50. The number of carbonyl (C=O) groups excluding carboxylic acids is 1. The van der Waals surface area contributed by atoms with Gasteiger partial charge in [-0.3, -0.25) is 4.79 Å². The molecule has 3 aromatic rings. The highest BCUT2D eigenvalue weighted by atomic mass is 16.8. The molecule has 0 radical (unpaired) electrons. The molecule has 3 aromatic carbocycles. The largest absolute Gasteiger partial charge is 0.497 e. The molecule has 0 aliphatic rings. The lowest BCUT2D eigenvalue weighted by Gasteiger charge is -2.23. The Bertz CT molecular complexity index is 1020. The van der Waals surface area contributed by atoms with Gasteiger partial charge in [0, 0.05) is 18.7 Å². The molecule has 0 aliphatic carbocycles. The predicted molar refractivity (Wildman–Crippen MR) is 132 cm³/mol. The van der Waals surface area contributed by atoms with E-state index in [4.69, 9.17) is 15.4 Å². The molecular weight excluding hydrogens is 418 g/mol. The first kappa shape index (κ1) is 24.1. The van der Waals surface area contributed by atoms with Crippen molar-refractivity contribution in [2.75, 3.05) is 50.8 Å². The van der Waals surface area contributed by atoms with Crippen molar-refractivity contribution in [2.45, 2.75) is 6.54 Å². The summed E-state index contributed by atoms with van der Waals surface area (Å²) in [4.78, 5) is 20.5. The van der Waals surface area contributed by atoms with Crippen LogP contribution in [0.4, 0.5) is 17.1 Å². The van der Waals surface area contributed by atoms with E-state index in [0.717, 1.165) is 23.5 Å². The maximum atomic E-state index is 12.6. The Morgan fingerprint density at radius 2 is 1.64 bits per heavy atom. The number of likely N-dealkylation sites (N-methyl/N-ethyl adjacent to an activating group) is 1. The van der Waals surface area contributed by atoms with Gasteiger partial charge in [-0.15, -0.1) is 0 Å². The molecule has 0 aromatic heterocycles. The second-order valence-electron chi connectivity index (χ2n) is 7.83. The number of nitrogens with zero attached hydrogens (tertiary/aromatic N) is 2. The molecule has 0 saturated heterocycles. The second-order valence-corrected chi connectivity index (χ2v) is 7.83. The fourth-order valence-corrected chi connectivity index (χ4v) is 3.02. The highest BCUT2D eigenvalue weighted by molar-refractivity contribution is 6.05. The number of anilines is 3. The maximum absolute atomic E-state index is 12.6. The van der Waals surface area contributed by atoms with Crippen LogP contribution < -0.4 is 21.3 Å². The van der Waals surface area contributed by atoms with Crippen molar-refractivity contribution in [1.82, 2.24) is 9.96 Å². The summed E-state index contributed by atoms with van der Waals surface area (Å²) in [6.07, 6.45) is 0. The van der Waals surface area contributed by atoms with Crippen LogP contribution in [0, 0.1) is 0 Å². The number of ether oxygens (including phenoxy) is 1. The molecule has 33 heavy (non-hydrogen) atoms. The zero-order chi connectivity index (χ0) is 23.6. The summed E-state index contributed by atoms with van der Waals surface area (Å²) in [7, 11) is 5.66. The zero-order valence-corrected chi connectivity index (χ0v) is 19.2. The smallest absolute Gasteiger partial charge is 0.255 e. The van der Waals surface area contributed by atoms with Crippen molar-refractivity contribution in [3.05, 3.63) is 83.9 Å². The van der Waals surface area contributed by atoms with Crippen molar-refractivity contribution >= 4 is 23.0 Å². The van der Waals surface area contributed by atoms with Gasteiger partial charge in [0.25, 0.3) is 5.91 Å². The number of nitrogen functional groups attached to an aromatic ring is 1. The fraction of sp³-hybridized carbons (Fsp3) is 0.240. The van der Waals surface area contributed by atoms with Crippen LogP contribution in [0.25, 0.3) is 0 Å². The molecule has 3 rings (SSSR count). The molecule has 174 valence electrons. The van der Waals surface area contributed by atoms with E-state index in [9.17, 15) is 4.79 Å². The topological polar surface area (TPSA) is 92.1 Å². The van der Waals surface area contributed by atoms with Crippen LogP contribution in [0.1, 0.15) is 15.9 Å². The Kier molecular flexibility index (Phi) is 8.65. The monoisotopic (exact) mass is 449 g/mol. The van der Waals surface area contributed by atoms with Gasteiger partial charge < -0.3 is 20.7 Å². The molecule has 4 N–H and O–H groups in total. The average molecular weight is 450 g/mol. The highest BCUT2D eigenvalue weighted by Gasteiger charge is 2.11. The summed E-state index contributed by atoms with van der Waals surface area (Å²) in [6, 6.07) is 22.1. The Hall–Kier alpha value is -3.59. The number of rotatable bonds is 11. The second kappa shape index (κ2) is 11.9. The first-order valence-electron chi connectivity index (χ1n) is 10.7. The third-order valence-corrected chi connectivity index (χ3v) is 4.96. The number of hydrogen-bond donors (Lipinski definition) is 3. The van der Waals surface area contributed by atoms with Gasteiger partial charge in [0.1, 0.15) is 5.75 Å². The number of carbonyl (C=O) groups is 1. The number of para-hydroxylation sites is 2. The summed E-state index contributed by atoms with van der Waals surface area (Å²) >= 11 is 0. The first-order valence-corrected chi connectivity index (χ1v) is 10.7. The van der Waals surface area contributed by atoms with Crippen LogP contribution in [0.15, 0.2) is 72.8 Å². The average Bonchev–Trinajstić information content (AvgIpc) is 2.83. The molecule has 8 nitrogen and oxygen atoms in total. The molecule has 8 heteroatoms. The van der Waals surface area contributed by atoms with E-state index in [-0.39, 0.29) is 5.91 Å². The Labute approximate surface area is 194 Å². The van der Waals surface area contributed by atoms with E-state index in [2.05, 4.69) is 15.7 Å². The van der Waals surface area contributed by atoms with E-state index < -0.39 is 0 Å². The SMILES string of the molecule is COc1ccc(NON(CCN(C)C)Cc2ccc(C(=O)Nc3ccccc3N)cc2)cc1. The molecule has 0 unspecified atom stereocenters. The third-order valence-electron chi connectivity index (χ3n) is 4.96. The van der Waals surface area contributed by atoms with Crippen LogP contribution in [-0.4, -0.2) is 50.2 Å². The number of benzene rings is 3. The summed E-state index contributed by atoms with van der Waals surface area (Å²) in [5.74, 6) is 0.574. The van der Waals surface area contributed by atoms with Gasteiger partial charge in [0.15, 0.2) is 0 Å². The minimum Gasteiger partial charge on any atom is -0.497 e. The molecule has 0 spiro atoms.